The Hall–Kier alpha value is -1.04. The second-order valence-corrected chi connectivity index (χ2v) is 3.13. The summed E-state index contributed by atoms with van der Waals surface area (Å²) in [6.45, 7) is 1.44. The summed E-state index contributed by atoms with van der Waals surface area (Å²) in [6, 6.07) is 8.33. The largest absolute Gasteiger partial charge is 0.372 e. The fourth-order valence-electron chi connectivity index (χ4n) is 0.839. The minimum absolute atomic E-state index is 0.550. The number of hydrogen-bond acceptors (Lipinski definition) is 2. The first-order valence-electron chi connectivity index (χ1n) is 3.46. The Morgan fingerprint density at radius 3 is 2.33 bits per heavy atom. The molecule has 0 spiro atoms. The van der Waals surface area contributed by atoms with Gasteiger partial charge in [0.1, 0.15) is 6.07 Å². The van der Waals surface area contributed by atoms with Gasteiger partial charge in [0.05, 0.1) is 0 Å². The molecule has 12 heavy (non-hydrogen) atoms. The Morgan fingerprint density at radius 2 is 1.92 bits per heavy atom. The Morgan fingerprint density at radius 1 is 1.42 bits per heavy atom. The van der Waals surface area contributed by atoms with Gasteiger partial charge in [0.15, 0.2) is 5.60 Å². The SMILES string of the molecule is CC(O)(C#N)c1ccc(Cl)cc1. The normalized spacial score (nSPS) is 14.8. The molecule has 1 atom stereocenters. The van der Waals surface area contributed by atoms with Gasteiger partial charge in [-0.25, -0.2) is 0 Å². The van der Waals surface area contributed by atoms with Crippen LogP contribution in [0.15, 0.2) is 24.3 Å². The molecule has 2 nitrogen and oxygen atoms in total. The number of rotatable bonds is 1. The van der Waals surface area contributed by atoms with Gasteiger partial charge in [0.25, 0.3) is 0 Å². The van der Waals surface area contributed by atoms with Gasteiger partial charge in [-0.2, -0.15) is 5.26 Å². The van der Waals surface area contributed by atoms with E-state index in [1.54, 1.807) is 30.3 Å². The van der Waals surface area contributed by atoms with Crippen molar-refractivity contribution in [1.29, 1.82) is 5.26 Å². The summed E-state index contributed by atoms with van der Waals surface area (Å²) in [4.78, 5) is 0. The summed E-state index contributed by atoms with van der Waals surface area (Å²) >= 11 is 5.64. The van der Waals surface area contributed by atoms with E-state index in [0.29, 0.717) is 10.6 Å². The van der Waals surface area contributed by atoms with Crippen LogP contribution in [-0.4, -0.2) is 5.11 Å². The zero-order chi connectivity index (χ0) is 9.19. The van der Waals surface area contributed by atoms with Crippen LogP contribution in [0.5, 0.6) is 0 Å². The first-order valence-corrected chi connectivity index (χ1v) is 3.84. The minimum atomic E-state index is -1.43. The topological polar surface area (TPSA) is 44.0 Å². The molecule has 0 bridgehead atoms. The molecule has 3 heteroatoms. The van der Waals surface area contributed by atoms with Gasteiger partial charge in [-0.05, 0) is 24.6 Å². The third-order valence-electron chi connectivity index (χ3n) is 1.62. The molecule has 1 N–H and O–H groups in total. The first kappa shape index (κ1) is 9.05. The highest BCUT2D eigenvalue weighted by atomic mass is 35.5. The predicted molar refractivity (Wildman–Crippen MR) is 46.6 cm³/mol. The Balaban J connectivity index is 3.07. The van der Waals surface area contributed by atoms with Crippen LogP contribution in [-0.2, 0) is 5.60 Å². The van der Waals surface area contributed by atoms with E-state index in [2.05, 4.69) is 0 Å². The van der Waals surface area contributed by atoms with Crippen LogP contribution in [0.3, 0.4) is 0 Å². The number of nitriles is 1. The van der Waals surface area contributed by atoms with Gasteiger partial charge in [-0.15, -0.1) is 0 Å². The molecule has 0 aliphatic rings. The van der Waals surface area contributed by atoms with Gasteiger partial charge < -0.3 is 5.11 Å². The van der Waals surface area contributed by atoms with E-state index >= 15 is 0 Å². The highest BCUT2D eigenvalue weighted by Crippen LogP contribution is 2.20. The van der Waals surface area contributed by atoms with Crippen molar-refractivity contribution in [2.24, 2.45) is 0 Å². The van der Waals surface area contributed by atoms with Crippen LogP contribution in [0.25, 0.3) is 0 Å². The lowest BCUT2D eigenvalue weighted by Crippen LogP contribution is -2.17. The number of hydrogen-bond donors (Lipinski definition) is 1. The zero-order valence-electron chi connectivity index (χ0n) is 6.58. The van der Waals surface area contributed by atoms with Crippen molar-refractivity contribution in [3.8, 4) is 6.07 Å². The van der Waals surface area contributed by atoms with Crippen LogP contribution >= 0.6 is 11.6 Å². The van der Waals surface area contributed by atoms with Crippen LogP contribution in [0.2, 0.25) is 5.02 Å². The van der Waals surface area contributed by atoms with Gasteiger partial charge in [-0.3, -0.25) is 0 Å². The molecule has 1 rings (SSSR count). The van der Waals surface area contributed by atoms with E-state index in [1.807, 2.05) is 0 Å². The molecule has 1 unspecified atom stereocenters. The third kappa shape index (κ3) is 1.76. The number of nitrogens with zero attached hydrogens (tertiary/aromatic N) is 1. The maximum Gasteiger partial charge on any atom is 0.173 e. The molecule has 0 radical (unpaired) electrons. The summed E-state index contributed by atoms with van der Waals surface area (Å²) in [6.07, 6.45) is 0. The first-order chi connectivity index (χ1) is 5.56. The van der Waals surface area contributed by atoms with Gasteiger partial charge in [0, 0.05) is 5.02 Å². The molecule has 0 heterocycles. The Bertz CT molecular complexity index is 310. The second kappa shape index (κ2) is 3.14. The van der Waals surface area contributed by atoms with E-state index < -0.39 is 5.60 Å². The molecule has 0 aromatic heterocycles. The van der Waals surface area contributed by atoms with E-state index in [1.165, 1.54) is 6.92 Å². The number of halogens is 1. The molecular weight excluding hydrogens is 174 g/mol. The van der Waals surface area contributed by atoms with E-state index in [4.69, 9.17) is 16.9 Å². The lowest BCUT2D eigenvalue weighted by Gasteiger charge is -2.13. The highest BCUT2D eigenvalue weighted by molar-refractivity contribution is 6.30. The summed E-state index contributed by atoms with van der Waals surface area (Å²) in [7, 11) is 0. The fourth-order valence-corrected chi connectivity index (χ4v) is 0.965. The quantitative estimate of drug-likeness (QED) is 0.675. The lowest BCUT2D eigenvalue weighted by molar-refractivity contribution is 0.119. The maximum atomic E-state index is 9.48. The van der Waals surface area contributed by atoms with Gasteiger partial charge >= 0.3 is 0 Å². The summed E-state index contributed by atoms with van der Waals surface area (Å²) < 4.78 is 0. The monoisotopic (exact) mass is 181 g/mol. The smallest absolute Gasteiger partial charge is 0.173 e. The zero-order valence-corrected chi connectivity index (χ0v) is 7.34. The average molecular weight is 182 g/mol. The van der Waals surface area contributed by atoms with Crippen molar-refractivity contribution in [3.05, 3.63) is 34.9 Å². The maximum absolute atomic E-state index is 9.48. The number of aliphatic hydroxyl groups is 1. The minimum Gasteiger partial charge on any atom is -0.372 e. The van der Waals surface area contributed by atoms with Crippen molar-refractivity contribution in [3.63, 3.8) is 0 Å². The highest BCUT2D eigenvalue weighted by Gasteiger charge is 2.21. The summed E-state index contributed by atoms with van der Waals surface area (Å²) in [5.74, 6) is 0. The lowest BCUT2D eigenvalue weighted by atomic mass is 9.98. The van der Waals surface area contributed by atoms with Crippen LogP contribution < -0.4 is 0 Å². The summed E-state index contributed by atoms with van der Waals surface area (Å²) in [5.41, 5.74) is -0.876. The number of benzene rings is 1. The van der Waals surface area contributed by atoms with Gasteiger partial charge in [-0.1, -0.05) is 23.7 Å². The molecule has 0 saturated heterocycles. The molecule has 0 amide bonds. The molecule has 0 saturated carbocycles. The average Bonchev–Trinajstić information content (AvgIpc) is 2.05. The Labute approximate surface area is 76.0 Å². The predicted octanol–water partition coefficient (Wildman–Crippen LogP) is 2.07. The standard InChI is InChI=1S/C9H8ClNO/c1-9(12,6-11)7-2-4-8(10)5-3-7/h2-5,12H,1H3. The van der Waals surface area contributed by atoms with E-state index in [0.717, 1.165) is 0 Å². The fraction of sp³-hybridized carbons (Fsp3) is 0.222. The molecule has 1 aromatic rings. The van der Waals surface area contributed by atoms with Crippen LogP contribution in [0.4, 0.5) is 0 Å². The second-order valence-electron chi connectivity index (χ2n) is 2.69. The molecule has 0 aliphatic heterocycles. The van der Waals surface area contributed by atoms with Crippen molar-refractivity contribution < 1.29 is 5.11 Å². The third-order valence-corrected chi connectivity index (χ3v) is 1.88. The van der Waals surface area contributed by atoms with Crippen LogP contribution in [0.1, 0.15) is 12.5 Å². The van der Waals surface area contributed by atoms with Crippen molar-refractivity contribution in [2.75, 3.05) is 0 Å². The summed E-state index contributed by atoms with van der Waals surface area (Å²) in [5, 5.41) is 18.7. The molecule has 0 aliphatic carbocycles. The van der Waals surface area contributed by atoms with Gasteiger partial charge in [0.2, 0.25) is 0 Å². The molecule has 0 fully saturated rings. The molecular formula is C9H8ClNO. The van der Waals surface area contributed by atoms with E-state index in [9.17, 15) is 5.11 Å². The molecule has 62 valence electrons. The Kier molecular flexibility index (Phi) is 2.37. The van der Waals surface area contributed by atoms with Crippen LogP contribution in [0, 0.1) is 11.3 Å². The van der Waals surface area contributed by atoms with E-state index in [-0.39, 0.29) is 0 Å². The van der Waals surface area contributed by atoms with Crippen molar-refractivity contribution in [2.45, 2.75) is 12.5 Å². The van der Waals surface area contributed by atoms with Crippen molar-refractivity contribution >= 4 is 11.6 Å². The molecule has 1 aromatic carbocycles. The van der Waals surface area contributed by atoms with Crippen molar-refractivity contribution in [1.82, 2.24) is 0 Å².